The van der Waals surface area contributed by atoms with Crippen LogP contribution in [0, 0.1) is 0 Å². The number of unbranched alkanes of at least 4 members (excludes halogenated alkanes) is 3. The number of carbonyl (C=O) groups is 1. The van der Waals surface area contributed by atoms with Crippen molar-refractivity contribution in [1.82, 2.24) is 0 Å². The molecule has 0 heterocycles. The maximum atomic E-state index is 11.6. The molecule has 1 rings (SSSR count). The van der Waals surface area contributed by atoms with Crippen molar-refractivity contribution in [2.45, 2.75) is 32.1 Å². The van der Waals surface area contributed by atoms with Crippen LogP contribution in [0.5, 0.6) is 5.75 Å². The Kier molecular flexibility index (Phi) is 9.94. The summed E-state index contributed by atoms with van der Waals surface area (Å²) in [6.07, 6.45) is 4.69. The monoisotopic (exact) mass is 286 g/mol. The first kappa shape index (κ1) is 17.7. The fourth-order valence-corrected chi connectivity index (χ4v) is 1.68. The fourth-order valence-electron chi connectivity index (χ4n) is 1.68. The van der Waals surface area contributed by atoms with E-state index in [1.54, 1.807) is 7.11 Å². The van der Waals surface area contributed by atoms with Crippen LogP contribution in [0.2, 0.25) is 0 Å². The Bertz CT molecular complexity index is 355. The summed E-state index contributed by atoms with van der Waals surface area (Å²) < 4.78 is 5.05. The van der Waals surface area contributed by atoms with Gasteiger partial charge in [0.15, 0.2) is 0 Å². The molecule has 1 aromatic carbocycles. The van der Waals surface area contributed by atoms with Crippen molar-refractivity contribution in [2.75, 3.05) is 19.0 Å². The highest BCUT2D eigenvalue weighted by atomic mass is 35.5. The number of hydrogen-bond donors (Lipinski definition) is 2. The van der Waals surface area contributed by atoms with E-state index < -0.39 is 0 Å². The highest BCUT2D eigenvalue weighted by Gasteiger charge is 2.02. The van der Waals surface area contributed by atoms with Crippen molar-refractivity contribution in [3.05, 3.63) is 24.3 Å². The van der Waals surface area contributed by atoms with E-state index >= 15 is 0 Å². The van der Waals surface area contributed by atoms with E-state index in [-0.39, 0.29) is 18.3 Å². The van der Waals surface area contributed by atoms with Gasteiger partial charge in [0, 0.05) is 12.1 Å². The molecule has 0 bridgehead atoms. The largest absolute Gasteiger partial charge is 0.497 e. The number of benzene rings is 1. The van der Waals surface area contributed by atoms with Gasteiger partial charge in [-0.2, -0.15) is 0 Å². The first-order chi connectivity index (χ1) is 8.76. The van der Waals surface area contributed by atoms with Crippen molar-refractivity contribution >= 4 is 24.0 Å². The van der Waals surface area contributed by atoms with Crippen LogP contribution in [0.1, 0.15) is 32.1 Å². The number of nitrogens with one attached hydrogen (secondary N) is 1. The zero-order valence-electron chi connectivity index (χ0n) is 11.4. The second-order valence-electron chi connectivity index (χ2n) is 4.23. The molecular weight excluding hydrogens is 264 g/mol. The van der Waals surface area contributed by atoms with Crippen LogP contribution in [0.3, 0.4) is 0 Å². The minimum absolute atomic E-state index is 0. The number of methoxy groups -OCH3 is 1. The van der Waals surface area contributed by atoms with E-state index in [1.165, 1.54) is 0 Å². The van der Waals surface area contributed by atoms with E-state index in [0.29, 0.717) is 6.42 Å². The molecule has 108 valence electrons. The molecule has 0 saturated carbocycles. The summed E-state index contributed by atoms with van der Waals surface area (Å²) in [5.41, 5.74) is 6.21. The molecule has 0 aromatic heterocycles. The molecule has 1 amide bonds. The number of halogens is 1. The van der Waals surface area contributed by atoms with E-state index in [2.05, 4.69) is 5.32 Å². The van der Waals surface area contributed by atoms with Crippen LogP contribution in [0.15, 0.2) is 24.3 Å². The van der Waals surface area contributed by atoms with Crippen LogP contribution >= 0.6 is 12.4 Å². The van der Waals surface area contributed by atoms with Crippen LogP contribution < -0.4 is 15.8 Å². The lowest BCUT2D eigenvalue weighted by molar-refractivity contribution is -0.116. The molecule has 19 heavy (non-hydrogen) atoms. The second kappa shape index (κ2) is 10.6. The van der Waals surface area contributed by atoms with Crippen molar-refractivity contribution < 1.29 is 9.53 Å². The zero-order chi connectivity index (χ0) is 13.2. The van der Waals surface area contributed by atoms with Crippen molar-refractivity contribution in [3.63, 3.8) is 0 Å². The first-order valence-electron chi connectivity index (χ1n) is 6.40. The molecule has 5 heteroatoms. The Hall–Kier alpha value is -1.26. The van der Waals surface area contributed by atoms with Crippen molar-refractivity contribution in [2.24, 2.45) is 5.73 Å². The van der Waals surface area contributed by atoms with Gasteiger partial charge in [0.2, 0.25) is 5.91 Å². The minimum Gasteiger partial charge on any atom is -0.497 e. The van der Waals surface area contributed by atoms with Crippen molar-refractivity contribution in [1.29, 1.82) is 0 Å². The summed E-state index contributed by atoms with van der Waals surface area (Å²) in [4.78, 5) is 11.6. The zero-order valence-corrected chi connectivity index (χ0v) is 12.2. The van der Waals surface area contributed by atoms with Gasteiger partial charge in [-0.05, 0) is 43.7 Å². The lowest BCUT2D eigenvalue weighted by Gasteiger charge is -2.06. The van der Waals surface area contributed by atoms with Gasteiger partial charge >= 0.3 is 0 Å². The summed E-state index contributed by atoms with van der Waals surface area (Å²) in [5.74, 6) is 0.850. The molecule has 0 fully saturated rings. The topological polar surface area (TPSA) is 64.3 Å². The predicted octanol–water partition coefficient (Wildman–Crippen LogP) is 2.96. The number of rotatable bonds is 8. The standard InChI is InChI=1S/C14H22N2O2.ClH/c1-18-13-9-7-12(8-10-13)16-14(17)6-4-2-3-5-11-15;/h7-10H,2-6,11,15H2,1H3,(H,16,17);1H. The maximum Gasteiger partial charge on any atom is 0.224 e. The lowest BCUT2D eigenvalue weighted by atomic mass is 10.1. The van der Waals surface area contributed by atoms with E-state index in [1.807, 2.05) is 24.3 Å². The Morgan fingerprint density at radius 2 is 1.79 bits per heavy atom. The third kappa shape index (κ3) is 7.70. The summed E-state index contributed by atoms with van der Waals surface area (Å²) in [7, 11) is 1.62. The van der Waals surface area contributed by atoms with E-state index in [0.717, 1.165) is 43.7 Å². The Labute approximate surface area is 121 Å². The average Bonchev–Trinajstić information content (AvgIpc) is 2.39. The number of ether oxygens (including phenoxy) is 1. The summed E-state index contributed by atoms with van der Waals surface area (Å²) in [6, 6.07) is 7.34. The molecule has 0 unspecified atom stereocenters. The summed E-state index contributed by atoms with van der Waals surface area (Å²) >= 11 is 0. The van der Waals surface area contributed by atoms with Gasteiger partial charge in [0.1, 0.15) is 5.75 Å². The minimum atomic E-state index is 0. The van der Waals surface area contributed by atoms with Crippen molar-refractivity contribution in [3.8, 4) is 5.75 Å². The number of carbonyl (C=O) groups excluding carboxylic acids is 1. The lowest BCUT2D eigenvalue weighted by Crippen LogP contribution is -2.11. The highest BCUT2D eigenvalue weighted by molar-refractivity contribution is 5.90. The maximum absolute atomic E-state index is 11.6. The molecule has 0 aliphatic rings. The van der Waals surface area contributed by atoms with Gasteiger partial charge < -0.3 is 15.8 Å². The second-order valence-corrected chi connectivity index (χ2v) is 4.23. The van der Waals surface area contributed by atoms with E-state index in [4.69, 9.17) is 10.5 Å². The molecule has 0 atom stereocenters. The Balaban J connectivity index is 0.00000324. The van der Waals surface area contributed by atoms with Gasteiger partial charge in [0.05, 0.1) is 7.11 Å². The number of hydrogen-bond acceptors (Lipinski definition) is 3. The molecule has 4 nitrogen and oxygen atoms in total. The third-order valence-corrected chi connectivity index (χ3v) is 2.73. The third-order valence-electron chi connectivity index (χ3n) is 2.73. The molecule has 0 aliphatic carbocycles. The highest BCUT2D eigenvalue weighted by Crippen LogP contribution is 2.15. The quantitative estimate of drug-likeness (QED) is 0.722. The first-order valence-corrected chi connectivity index (χ1v) is 6.40. The van der Waals surface area contributed by atoms with E-state index in [9.17, 15) is 4.79 Å². The normalized spacial score (nSPS) is 9.58. The van der Waals surface area contributed by atoms with Gasteiger partial charge in [-0.1, -0.05) is 12.8 Å². The van der Waals surface area contributed by atoms with Crippen LogP contribution in [-0.4, -0.2) is 19.6 Å². The number of anilines is 1. The smallest absolute Gasteiger partial charge is 0.224 e. The van der Waals surface area contributed by atoms with Crippen LogP contribution in [-0.2, 0) is 4.79 Å². The predicted molar refractivity (Wildman–Crippen MR) is 81.0 cm³/mol. The van der Waals surface area contributed by atoms with Gasteiger partial charge in [0.25, 0.3) is 0 Å². The number of nitrogens with two attached hydrogens (primary N) is 1. The molecule has 0 spiro atoms. The SMILES string of the molecule is COc1ccc(NC(=O)CCCCCCN)cc1.Cl. The summed E-state index contributed by atoms with van der Waals surface area (Å²) in [5, 5.41) is 2.86. The molecule has 3 N–H and O–H groups in total. The Morgan fingerprint density at radius 3 is 2.37 bits per heavy atom. The molecule has 0 saturated heterocycles. The van der Waals surface area contributed by atoms with Crippen LogP contribution in [0.25, 0.3) is 0 Å². The van der Waals surface area contributed by atoms with Gasteiger partial charge in [-0.3, -0.25) is 4.79 Å². The van der Waals surface area contributed by atoms with Gasteiger partial charge in [-0.15, -0.1) is 12.4 Å². The fraction of sp³-hybridized carbons (Fsp3) is 0.500. The molecule has 1 aromatic rings. The summed E-state index contributed by atoms with van der Waals surface area (Å²) in [6.45, 7) is 0.734. The van der Waals surface area contributed by atoms with Gasteiger partial charge in [-0.25, -0.2) is 0 Å². The number of amides is 1. The molecular formula is C14H23ClN2O2. The molecule has 0 aliphatic heterocycles. The molecule has 0 radical (unpaired) electrons. The van der Waals surface area contributed by atoms with Crippen LogP contribution in [0.4, 0.5) is 5.69 Å². The average molecular weight is 287 g/mol. The Morgan fingerprint density at radius 1 is 1.16 bits per heavy atom.